The number of phosphoric acid groups is 1. The number of nitrogens with one attached hydrogen (secondary N) is 1. The summed E-state index contributed by atoms with van der Waals surface area (Å²) in [6.45, 7) is 4.68. The zero-order valence-electron chi connectivity index (χ0n) is 53.6. The Morgan fingerprint density at radius 3 is 1.03 bits per heavy atom. The summed E-state index contributed by atoms with van der Waals surface area (Å²) in [6.07, 6.45) is 81.4. The fourth-order valence-electron chi connectivity index (χ4n) is 10.6. The second kappa shape index (κ2) is 61.3. The molecule has 0 aromatic rings. The fourth-order valence-corrected chi connectivity index (χ4v) is 11.4. The first-order valence-corrected chi connectivity index (χ1v) is 36.3. The van der Waals surface area contributed by atoms with Crippen molar-refractivity contribution in [3.63, 3.8) is 0 Å². The van der Waals surface area contributed by atoms with E-state index >= 15 is 0 Å². The van der Waals surface area contributed by atoms with E-state index in [1.807, 2.05) is 27.2 Å². The minimum atomic E-state index is -4.61. The molecule has 0 aromatic carbocycles. The summed E-state index contributed by atoms with van der Waals surface area (Å²) in [5.41, 5.74) is 0. The molecular formula is C70H137N2O6P. The van der Waals surface area contributed by atoms with Gasteiger partial charge in [-0.15, -0.1) is 0 Å². The van der Waals surface area contributed by atoms with E-state index in [1.54, 1.807) is 6.08 Å². The van der Waals surface area contributed by atoms with Crippen LogP contribution in [0.3, 0.4) is 0 Å². The Bertz CT molecular complexity index is 1380. The van der Waals surface area contributed by atoms with E-state index in [0.717, 1.165) is 38.5 Å². The van der Waals surface area contributed by atoms with Crippen LogP contribution in [0.4, 0.5) is 0 Å². The van der Waals surface area contributed by atoms with E-state index in [-0.39, 0.29) is 19.1 Å². The average Bonchev–Trinajstić information content (AvgIpc) is 3.42. The van der Waals surface area contributed by atoms with Crippen LogP contribution in [0.1, 0.15) is 354 Å². The number of hydrogen-bond acceptors (Lipinski definition) is 6. The van der Waals surface area contributed by atoms with Crippen LogP contribution in [0.15, 0.2) is 36.5 Å². The summed E-state index contributed by atoms with van der Waals surface area (Å²) in [6, 6.07) is -0.903. The molecule has 0 saturated carbocycles. The van der Waals surface area contributed by atoms with E-state index in [4.69, 9.17) is 9.05 Å². The highest BCUT2D eigenvalue weighted by molar-refractivity contribution is 7.45. The molecule has 0 fully saturated rings. The SMILES string of the molecule is CCCCCCCCCCCCCCCC/C=C/CC/C=C/C(O)C(COP(=O)([O-])OCC[N+](C)(C)C)NC(=O)CCCCCCCCCCCCCCCCCCC/C=C\CCCCCCCCCCCCCCCCCC. The van der Waals surface area contributed by atoms with E-state index < -0.39 is 20.0 Å². The molecule has 0 aliphatic rings. The summed E-state index contributed by atoms with van der Waals surface area (Å²) in [7, 11) is 1.26. The van der Waals surface area contributed by atoms with Gasteiger partial charge in [-0.1, -0.05) is 326 Å². The number of aliphatic hydroxyl groups is 1. The number of hydrogen-bond donors (Lipinski definition) is 2. The van der Waals surface area contributed by atoms with Crippen molar-refractivity contribution in [2.45, 2.75) is 366 Å². The van der Waals surface area contributed by atoms with Crippen molar-refractivity contribution in [3.05, 3.63) is 36.5 Å². The highest BCUT2D eigenvalue weighted by Gasteiger charge is 2.23. The molecule has 3 unspecified atom stereocenters. The van der Waals surface area contributed by atoms with Crippen LogP contribution in [0.25, 0.3) is 0 Å². The number of quaternary nitrogens is 1. The molecular weight excluding hydrogens is 996 g/mol. The van der Waals surface area contributed by atoms with Crippen molar-refractivity contribution >= 4 is 13.7 Å². The number of aliphatic hydroxyl groups excluding tert-OH is 1. The maximum absolute atomic E-state index is 13.0. The van der Waals surface area contributed by atoms with Gasteiger partial charge in [-0.25, -0.2) is 0 Å². The van der Waals surface area contributed by atoms with Gasteiger partial charge < -0.3 is 28.8 Å². The lowest BCUT2D eigenvalue weighted by atomic mass is 10.0. The lowest BCUT2D eigenvalue weighted by Crippen LogP contribution is -2.45. The summed E-state index contributed by atoms with van der Waals surface area (Å²) in [5, 5.41) is 13.9. The number of carbonyl (C=O) groups excluding carboxylic acids is 1. The molecule has 0 rings (SSSR count). The minimum absolute atomic E-state index is 0.00475. The topological polar surface area (TPSA) is 108 Å². The molecule has 1 amide bonds. The van der Waals surface area contributed by atoms with Gasteiger partial charge in [0.25, 0.3) is 7.82 Å². The predicted molar refractivity (Wildman–Crippen MR) is 344 cm³/mol. The van der Waals surface area contributed by atoms with Gasteiger partial charge in [0.1, 0.15) is 13.2 Å². The van der Waals surface area contributed by atoms with E-state index in [1.165, 1.54) is 295 Å². The van der Waals surface area contributed by atoms with Gasteiger partial charge in [0.05, 0.1) is 39.9 Å². The van der Waals surface area contributed by atoms with Crippen LogP contribution in [0.2, 0.25) is 0 Å². The molecule has 0 aromatic heterocycles. The van der Waals surface area contributed by atoms with Crippen LogP contribution < -0.4 is 10.2 Å². The summed E-state index contributed by atoms with van der Waals surface area (Å²) in [5.74, 6) is -0.201. The smallest absolute Gasteiger partial charge is 0.268 e. The first kappa shape index (κ1) is 77.7. The molecule has 2 N–H and O–H groups in total. The Morgan fingerprint density at radius 1 is 0.430 bits per heavy atom. The van der Waals surface area contributed by atoms with Crippen LogP contribution in [-0.2, 0) is 18.4 Å². The van der Waals surface area contributed by atoms with Crippen molar-refractivity contribution in [3.8, 4) is 0 Å². The molecule has 3 atom stereocenters. The number of likely N-dealkylation sites (N-methyl/N-ethyl adjacent to an activating group) is 1. The zero-order chi connectivity index (χ0) is 57.7. The molecule has 0 saturated heterocycles. The van der Waals surface area contributed by atoms with Crippen molar-refractivity contribution in [1.29, 1.82) is 0 Å². The normalized spacial score (nSPS) is 13.9. The lowest BCUT2D eigenvalue weighted by Gasteiger charge is -2.29. The van der Waals surface area contributed by atoms with Gasteiger partial charge >= 0.3 is 0 Å². The van der Waals surface area contributed by atoms with E-state index in [0.29, 0.717) is 17.4 Å². The Labute approximate surface area is 493 Å². The van der Waals surface area contributed by atoms with Gasteiger partial charge in [-0.05, 0) is 57.8 Å². The maximum Gasteiger partial charge on any atom is 0.268 e. The maximum atomic E-state index is 13.0. The second-order valence-electron chi connectivity index (χ2n) is 25.2. The number of unbranched alkanes of at least 4 members (excludes halogenated alkanes) is 48. The highest BCUT2D eigenvalue weighted by atomic mass is 31.2. The van der Waals surface area contributed by atoms with Crippen molar-refractivity contribution < 1.29 is 32.9 Å². The number of nitrogens with zero attached hydrogens (tertiary/aromatic N) is 1. The summed E-state index contributed by atoms with van der Waals surface area (Å²) >= 11 is 0. The first-order valence-electron chi connectivity index (χ1n) is 34.9. The zero-order valence-corrected chi connectivity index (χ0v) is 54.5. The molecule has 0 bridgehead atoms. The van der Waals surface area contributed by atoms with Gasteiger partial charge in [0, 0.05) is 6.42 Å². The Hall–Kier alpha value is -1.28. The predicted octanol–water partition coefficient (Wildman–Crippen LogP) is 21.4. The quantitative estimate of drug-likeness (QED) is 0.0272. The lowest BCUT2D eigenvalue weighted by molar-refractivity contribution is -0.870. The van der Waals surface area contributed by atoms with Crippen LogP contribution in [-0.4, -0.2) is 68.5 Å². The monoisotopic (exact) mass is 1130 g/mol. The second-order valence-corrected chi connectivity index (χ2v) is 26.6. The third-order valence-electron chi connectivity index (χ3n) is 16.1. The van der Waals surface area contributed by atoms with Crippen LogP contribution >= 0.6 is 7.82 Å². The number of rotatable bonds is 65. The molecule has 79 heavy (non-hydrogen) atoms. The molecule has 0 spiro atoms. The number of carbonyl (C=O) groups is 1. The van der Waals surface area contributed by atoms with Crippen molar-refractivity contribution in [2.75, 3.05) is 40.9 Å². The standard InChI is InChI=1S/C70H137N2O6P/c1-6-8-10-12-14-16-18-20-22-24-26-28-29-30-31-32-33-34-35-36-37-38-39-40-41-42-43-44-46-48-50-52-54-56-58-60-62-64-70(74)71-68(67-78-79(75,76)77-66-65-72(3,4)5)69(73)63-61-59-57-55-53-51-49-47-45-27-25-23-21-19-17-15-13-11-9-7-2/h34-35,53,55,61,63,68-69,73H,6-33,36-52,54,56-60,62,64-67H2,1-5H3,(H-,71,74,75,76)/b35-34-,55-53+,63-61+. The van der Waals surface area contributed by atoms with Crippen LogP contribution in [0.5, 0.6) is 0 Å². The third-order valence-corrected chi connectivity index (χ3v) is 17.0. The number of amides is 1. The summed E-state index contributed by atoms with van der Waals surface area (Å²) < 4.78 is 23.4. The molecule has 0 radical (unpaired) electrons. The molecule has 9 heteroatoms. The van der Waals surface area contributed by atoms with Gasteiger partial charge in [0.15, 0.2) is 0 Å². The van der Waals surface area contributed by atoms with E-state index in [9.17, 15) is 19.4 Å². The molecule has 8 nitrogen and oxygen atoms in total. The fraction of sp³-hybridized carbons (Fsp3) is 0.900. The van der Waals surface area contributed by atoms with Gasteiger partial charge in [-0.2, -0.15) is 0 Å². The largest absolute Gasteiger partial charge is 0.756 e. The van der Waals surface area contributed by atoms with Gasteiger partial charge in [-0.3, -0.25) is 9.36 Å². The van der Waals surface area contributed by atoms with Crippen molar-refractivity contribution in [2.24, 2.45) is 0 Å². The molecule has 0 aliphatic carbocycles. The van der Waals surface area contributed by atoms with Gasteiger partial charge in [0.2, 0.25) is 5.91 Å². The highest BCUT2D eigenvalue weighted by Crippen LogP contribution is 2.38. The van der Waals surface area contributed by atoms with Crippen LogP contribution in [0, 0.1) is 0 Å². The Morgan fingerprint density at radius 2 is 0.709 bits per heavy atom. The summed E-state index contributed by atoms with van der Waals surface area (Å²) in [4.78, 5) is 25.6. The minimum Gasteiger partial charge on any atom is -0.756 e. The van der Waals surface area contributed by atoms with Crippen molar-refractivity contribution in [1.82, 2.24) is 5.32 Å². The average molecular weight is 1130 g/mol. The molecule has 0 heterocycles. The Kier molecular flexibility index (Phi) is 60.3. The van der Waals surface area contributed by atoms with E-state index in [2.05, 4.69) is 43.5 Å². The number of allylic oxidation sites excluding steroid dienone is 5. The Balaban J connectivity index is 3.99. The molecule has 0 aliphatic heterocycles. The number of phosphoric ester groups is 1. The molecule has 468 valence electrons. The first-order chi connectivity index (χ1) is 38.5. The third kappa shape index (κ3) is 64.1.